The molecule has 0 aliphatic carbocycles. The average Bonchev–Trinajstić information content (AvgIpc) is 2.96. The average molecular weight is 256 g/mol. The first kappa shape index (κ1) is 12.8. The number of nitrogens with zero attached hydrogens (tertiary/aromatic N) is 2. The van der Waals surface area contributed by atoms with E-state index in [2.05, 4.69) is 27.3 Å². The third-order valence-electron chi connectivity index (χ3n) is 2.31. The standard InChI is InChI=1S/C13H12N4O2/c14-5-1-2-10-8-15-6-4-12(10)13(18)16-9-11-3-7-17-19-11/h3-4,6-8H,5,9,14H2,(H,16,18). The summed E-state index contributed by atoms with van der Waals surface area (Å²) in [7, 11) is 0. The molecule has 0 saturated heterocycles. The maximum Gasteiger partial charge on any atom is 0.253 e. The molecule has 0 saturated carbocycles. The lowest BCUT2D eigenvalue weighted by Crippen LogP contribution is -2.23. The highest BCUT2D eigenvalue weighted by Crippen LogP contribution is 2.06. The SMILES string of the molecule is NCC#Cc1cnccc1C(=O)NCc1ccno1. The van der Waals surface area contributed by atoms with Crippen molar-refractivity contribution in [3.05, 3.63) is 47.6 Å². The Bertz CT molecular complexity index is 611. The predicted octanol–water partition coefficient (Wildman–Crippen LogP) is 0.310. The molecule has 0 radical (unpaired) electrons. The third-order valence-corrected chi connectivity index (χ3v) is 2.31. The van der Waals surface area contributed by atoms with Crippen LogP contribution in [0.2, 0.25) is 0 Å². The minimum Gasteiger partial charge on any atom is -0.360 e. The van der Waals surface area contributed by atoms with Crippen molar-refractivity contribution < 1.29 is 9.32 Å². The Labute approximate surface area is 110 Å². The summed E-state index contributed by atoms with van der Waals surface area (Å²) >= 11 is 0. The minimum absolute atomic E-state index is 0.230. The Hall–Kier alpha value is -2.65. The van der Waals surface area contributed by atoms with Gasteiger partial charge in [-0.15, -0.1) is 0 Å². The molecule has 0 fully saturated rings. The fourth-order valence-corrected chi connectivity index (χ4v) is 1.43. The largest absolute Gasteiger partial charge is 0.360 e. The van der Waals surface area contributed by atoms with Crippen LogP contribution in [-0.2, 0) is 6.54 Å². The number of amides is 1. The van der Waals surface area contributed by atoms with Crippen molar-refractivity contribution in [2.45, 2.75) is 6.54 Å². The van der Waals surface area contributed by atoms with Gasteiger partial charge in [-0.3, -0.25) is 9.78 Å². The van der Waals surface area contributed by atoms with Crippen molar-refractivity contribution in [2.24, 2.45) is 5.73 Å². The van der Waals surface area contributed by atoms with E-state index in [-0.39, 0.29) is 19.0 Å². The van der Waals surface area contributed by atoms with Crippen LogP contribution >= 0.6 is 0 Å². The highest BCUT2D eigenvalue weighted by Gasteiger charge is 2.10. The summed E-state index contributed by atoms with van der Waals surface area (Å²) in [4.78, 5) is 16.0. The molecule has 0 bridgehead atoms. The summed E-state index contributed by atoms with van der Waals surface area (Å²) < 4.78 is 4.89. The summed E-state index contributed by atoms with van der Waals surface area (Å²) in [5.41, 5.74) is 6.31. The van der Waals surface area contributed by atoms with Crippen LogP contribution in [0.1, 0.15) is 21.7 Å². The first-order valence-electron chi connectivity index (χ1n) is 5.62. The topological polar surface area (TPSA) is 94.0 Å². The molecule has 0 aromatic carbocycles. The van der Waals surface area contributed by atoms with E-state index >= 15 is 0 Å². The van der Waals surface area contributed by atoms with E-state index in [1.807, 2.05) is 0 Å². The van der Waals surface area contributed by atoms with Crippen LogP contribution in [0.3, 0.4) is 0 Å². The first-order valence-corrected chi connectivity index (χ1v) is 5.62. The lowest BCUT2D eigenvalue weighted by molar-refractivity contribution is 0.0946. The smallest absolute Gasteiger partial charge is 0.253 e. The molecule has 2 aromatic heterocycles. The molecule has 1 amide bonds. The second-order valence-corrected chi connectivity index (χ2v) is 3.59. The molecular weight excluding hydrogens is 244 g/mol. The highest BCUT2D eigenvalue weighted by molar-refractivity contribution is 5.96. The first-order chi connectivity index (χ1) is 9.31. The number of carbonyl (C=O) groups is 1. The number of nitrogens with two attached hydrogens (primary N) is 1. The predicted molar refractivity (Wildman–Crippen MR) is 67.8 cm³/mol. The number of nitrogens with one attached hydrogen (secondary N) is 1. The number of carbonyl (C=O) groups excluding carboxylic acids is 1. The van der Waals surface area contributed by atoms with Gasteiger partial charge in [0.2, 0.25) is 0 Å². The van der Waals surface area contributed by atoms with E-state index in [1.165, 1.54) is 18.6 Å². The second-order valence-electron chi connectivity index (χ2n) is 3.59. The maximum absolute atomic E-state index is 12.0. The highest BCUT2D eigenvalue weighted by atomic mass is 16.5. The zero-order chi connectivity index (χ0) is 13.5. The summed E-state index contributed by atoms with van der Waals surface area (Å²) in [5.74, 6) is 5.84. The fraction of sp³-hybridized carbons (Fsp3) is 0.154. The van der Waals surface area contributed by atoms with Crippen LogP contribution in [-0.4, -0.2) is 22.6 Å². The van der Waals surface area contributed by atoms with Gasteiger partial charge in [-0.1, -0.05) is 17.0 Å². The zero-order valence-electron chi connectivity index (χ0n) is 10.1. The molecule has 0 spiro atoms. The van der Waals surface area contributed by atoms with Crippen molar-refractivity contribution in [1.29, 1.82) is 0 Å². The number of pyridine rings is 1. The van der Waals surface area contributed by atoms with Crippen molar-refractivity contribution in [2.75, 3.05) is 6.54 Å². The lowest BCUT2D eigenvalue weighted by atomic mass is 10.1. The fourth-order valence-electron chi connectivity index (χ4n) is 1.43. The zero-order valence-corrected chi connectivity index (χ0v) is 10.1. The monoisotopic (exact) mass is 256 g/mol. The van der Waals surface area contributed by atoms with E-state index in [9.17, 15) is 4.79 Å². The maximum atomic E-state index is 12.0. The van der Waals surface area contributed by atoms with Crippen LogP contribution in [0.25, 0.3) is 0 Å². The van der Waals surface area contributed by atoms with Crippen LogP contribution in [0.5, 0.6) is 0 Å². The quantitative estimate of drug-likeness (QED) is 0.771. The van der Waals surface area contributed by atoms with Gasteiger partial charge in [-0.2, -0.15) is 0 Å². The lowest BCUT2D eigenvalue weighted by Gasteiger charge is -2.04. The van der Waals surface area contributed by atoms with Crippen LogP contribution in [0, 0.1) is 11.8 Å². The van der Waals surface area contributed by atoms with Gasteiger partial charge in [-0.25, -0.2) is 0 Å². The van der Waals surface area contributed by atoms with Gasteiger partial charge in [-0.05, 0) is 6.07 Å². The molecule has 96 valence electrons. The summed E-state index contributed by atoms with van der Waals surface area (Å²) in [5, 5.41) is 6.28. The molecule has 2 aromatic rings. The molecule has 0 aliphatic heterocycles. The summed E-state index contributed by atoms with van der Waals surface area (Å²) in [6.45, 7) is 0.499. The van der Waals surface area contributed by atoms with E-state index in [1.54, 1.807) is 12.1 Å². The molecule has 6 nitrogen and oxygen atoms in total. The Morgan fingerprint density at radius 1 is 1.42 bits per heavy atom. The summed E-state index contributed by atoms with van der Waals surface area (Å²) in [6.07, 6.45) is 4.59. The van der Waals surface area contributed by atoms with Gasteiger partial charge in [0.25, 0.3) is 5.91 Å². The molecule has 19 heavy (non-hydrogen) atoms. The molecular formula is C13H12N4O2. The van der Waals surface area contributed by atoms with Gasteiger partial charge in [0, 0.05) is 18.5 Å². The van der Waals surface area contributed by atoms with Crippen LogP contribution in [0.15, 0.2) is 35.2 Å². The Balaban J connectivity index is 2.10. The molecule has 2 heterocycles. The van der Waals surface area contributed by atoms with E-state index in [4.69, 9.17) is 10.3 Å². The van der Waals surface area contributed by atoms with Gasteiger partial charge in [0.15, 0.2) is 5.76 Å². The van der Waals surface area contributed by atoms with Gasteiger partial charge in [0.05, 0.1) is 30.4 Å². The number of rotatable bonds is 3. The minimum atomic E-state index is -0.250. The second kappa shape index (κ2) is 6.33. The number of aromatic nitrogens is 2. The molecule has 0 atom stereocenters. The van der Waals surface area contributed by atoms with E-state index in [0.717, 1.165) is 0 Å². The normalized spacial score (nSPS) is 9.53. The molecule has 2 rings (SSSR count). The van der Waals surface area contributed by atoms with Gasteiger partial charge in [0.1, 0.15) is 0 Å². The van der Waals surface area contributed by atoms with Crippen molar-refractivity contribution in [3.63, 3.8) is 0 Å². The van der Waals surface area contributed by atoms with Gasteiger partial charge < -0.3 is 15.6 Å². The van der Waals surface area contributed by atoms with Crippen molar-refractivity contribution in [3.8, 4) is 11.8 Å². The summed E-state index contributed by atoms with van der Waals surface area (Å²) in [6, 6.07) is 3.29. The number of hydrogen-bond acceptors (Lipinski definition) is 5. The molecule has 0 aliphatic rings. The molecule has 3 N–H and O–H groups in total. The molecule has 0 unspecified atom stereocenters. The third kappa shape index (κ3) is 3.40. The van der Waals surface area contributed by atoms with Gasteiger partial charge >= 0.3 is 0 Å². The van der Waals surface area contributed by atoms with E-state index < -0.39 is 0 Å². The van der Waals surface area contributed by atoms with Crippen LogP contribution in [0.4, 0.5) is 0 Å². The Morgan fingerprint density at radius 3 is 3.05 bits per heavy atom. The Kier molecular flexibility index (Phi) is 4.26. The van der Waals surface area contributed by atoms with Crippen molar-refractivity contribution >= 4 is 5.91 Å². The van der Waals surface area contributed by atoms with Crippen molar-refractivity contribution in [1.82, 2.24) is 15.5 Å². The number of hydrogen-bond donors (Lipinski definition) is 2. The van der Waals surface area contributed by atoms with E-state index in [0.29, 0.717) is 16.9 Å². The van der Waals surface area contributed by atoms with Crippen LogP contribution < -0.4 is 11.1 Å². The Morgan fingerprint density at radius 2 is 2.32 bits per heavy atom. The molecule has 6 heteroatoms.